The van der Waals surface area contributed by atoms with Gasteiger partial charge in [-0.25, -0.2) is 4.98 Å². The number of nitrogens with two attached hydrogens (primary N) is 1. The highest BCUT2D eigenvalue weighted by atomic mass is 16.5. The molecule has 2 rings (SSSR count). The molecule has 2 aromatic rings. The highest BCUT2D eigenvalue weighted by molar-refractivity contribution is 5.28. The molecule has 20 heavy (non-hydrogen) atoms. The molecule has 0 amide bonds. The molecular weight excluding hydrogens is 250 g/mol. The van der Waals surface area contributed by atoms with Crippen LogP contribution in [0.2, 0.25) is 0 Å². The van der Waals surface area contributed by atoms with Gasteiger partial charge in [0, 0.05) is 19.4 Å². The maximum Gasteiger partial charge on any atom is 0.161 e. The number of hydrogen-bond donors (Lipinski definition) is 1. The molecule has 1 aromatic carbocycles. The van der Waals surface area contributed by atoms with Crippen molar-refractivity contribution in [1.82, 2.24) is 9.55 Å². The zero-order valence-electron chi connectivity index (χ0n) is 12.5. The first-order valence-corrected chi connectivity index (χ1v) is 6.99. The van der Waals surface area contributed by atoms with E-state index in [0.29, 0.717) is 0 Å². The van der Waals surface area contributed by atoms with E-state index in [1.54, 1.807) is 6.20 Å². The summed E-state index contributed by atoms with van der Waals surface area (Å²) in [6.45, 7) is 4.78. The normalized spacial score (nSPS) is 11.6. The van der Waals surface area contributed by atoms with Crippen LogP contribution in [-0.2, 0) is 19.1 Å². The van der Waals surface area contributed by atoms with E-state index in [0.717, 1.165) is 31.0 Å². The molecule has 0 bridgehead atoms. The Morgan fingerprint density at radius 3 is 2.50 bits per heavy atom. The van der Waals surface area contributed by atoms with Crippen molar-refractivity contribution < 1.29 is 4.74 Å². The quantitative estimate of drug-likeness (QED) is 0.880. The number of aromatic nitrogens is 2. The summed E-state index contributed by atoms with van der Waals surface area (Å²) in [6.07, 6.45) is 5.74. The maximum absolute atomic E-state index is 6.08. The van der Waals surface area contributed by atoms with E-state index >= 15 is 0 Å². The average molecular weight is 273 g/mol. The molecule has 0 aliphatic rings. The van der Waals surface area contributed by atoms with Crippen LogP contribution in [0, 0.1) is 0 Å². The molecule has 4 nitrogen and oxygen atoms in total. The van der Waals surface area contributed by atoms with Crippen molar-refractivity contribution in [2.45, 2.75) is 32.3 Å². The Kier molecular flexibility index (Phi) is 4.45. The van der Waals surface area contributed by atoms with E-state index in [4.69, 9.17) is 10.5 Å². The van der Waals surface area contributed by atoms with Crippen molar-refractivity contribution in [3.8, 4) is 5.75 Å². The van der Waals surface area contributed by atoms with Crippen LogP contribution >= 0.6 is 0 Å². The van der Waals surface area contributed by atoms with E-state index in [-0.39, 0.29) is 0 Å². The Morgan fingerprint density at radius 2 is 1.95 bits per heavy atom. The molecule has 0 aliphatic carbocycles. The van der Waals surface area contributed by atoms with Crippen molar-refractivity contribution in [3.63, 3.8) is 0 Å². The van der Waals surface area contributed by atoms with E-state index in [9.17, 15) is 0 Å². The van der Waals surface area contributed by atoms with Crippen LogP contribution in [0.3, 0.4) is 0 Å². The molecule has 0 radical (unpaired) electrons. The van der Waals surface area contributed by atoms with Gasteiger partial charge in [-0.3, -0.25) is 0 Å². The lowest BCUT2D eigenvalue weighted by atomic mass is 10.1. The molecule has 4 heteroatoms. The zero-order chi connectivity index (χ0) is 14.6. The minimum atomic E-state index is -0.461. The molecule has 0 atom stereocenters. The third-order valence-corrected chi connectivity index (χ3v) is 3.33. The van der Waals surface area contributed by atoms with Crippen LogP contribution in [0.5, 0.6) is 5.75 Å². The summed E-state index contributed by atoms with van der Waals surface area (Å²) in [5.41, 5.74) is 6.35. The average Bonchev–Trinajstić information content (AvgIpc) is 2.85. The van der Waals surface area contributed by atoms with Gasteiger partial charge in [0.15, 0.2) is 11.4 Å². The molecule has 0 unspecified atom stereocenters. The first-order chi connectivity index (χ1) is 9.53. The van der Waals surface area contributed by atoms with Gasteiger partial charge in [-0.2, -0.15) is 0 Å². The molecule has 0 fully saturated rings. The molecule has 1 aromatic heterocycles. The predicted molar refractivity (Wildman–Crippen MR) is 80.7 cm³/mol. The SMILES string of the molecule is Cn1ccnc1C(C)(C)Oc1ccc(CCCN)cc1. The number of nitrogens with zero attached hydrogens (tertiary/aromatic N) is 2. The molecule has 0 saturated heterocycles. The fraction of sp³-hybridized carbons (Fsp3) is 0.438. The minimum absolute atomic E-state index is 0.461. The fourth-order valence-electron chi connectivity index (χ4n) is 2.32. The monoisotopic (exact) mass is 273 g/mol. The summed E-state index contributed by atoms with van der Waals surface area (Å²) in [7, 11) is 1.98. The van der Waals surface area contributed by atoms with Gasteiger partial charge in [0.1, 0.15) is 5.75 Å². The van der Waals surface area contributed by atoms with Gasteiger partial charge in [0.05, 0.1) is 0 Å². The molecule has 0 saturated carbocycles. The van der Waals surface area contributed by atoms with Crippen LogP contribution in [0.4, 0.5) is 0 Å². The second-order valence-corrected chi connectivity index (χ2v) is 5.51. The number of hydrogen-bond acceptors (Lipinski definition) is 3. The van der Waals surface area contributed by atoms with Crippen LogP contribution < -0.4 is 10.5 Å². The van der Waals surface area contributed by atoms with Gasteiger partial charge >= 0.3 is 0 Å². The van der Waals surface area contributed by atoms with Gasteiger partial charge < -0.3 is 15.0 Å². The van der Waals surface area contributed by atoms with Crippen LogP contribution in [0.25, 0.3) is 0 Å². The van der Waals surface area contributed by atoms with Gasteiger partial charge in [-0.05, 0) is 50.9 Å². The van der Waals surface area contributed by atoms with E-state index in [1.807, 2.05) is 43.8 Å². The molecular formula is C16H23N3O. The molecule has 0 aliphatic heterocycles. The van der Waals surface area contributed by atoms with Crippen LogP contribution in [0.1, 0.15) is 31.7 Å². The maximum atomic E-state index is 6.08. The largest absolute Gasteiger partial charge is 0.480 e. The van der Waals surface area contributed by atoms with Crippen molar-refractivity contribution in [2.75, 3.05) is 6.54 Å². The summed E-state index contributed by atoms with van der Waals surface area (Å²) >= 11 is 0. The Bertz CT molecular complexity index is 543. The van der Waals surface area contributed by atoms with Crippen LogP contribution in [-0.4, -0.2) is 16.1 Å². The van der Waals surface area contributed by atoms with E-state index in [1.165, 1.54) is 5.56 Å². The number of aryl methyl sites for hydroxylation is 2. The van der Waals surface area contributed by atoms with Gasteiger partial charge in [0.25, 0.3) is 0 Å². The zero-order valence-corrected chi connectivity index (χ0v) is 12.5. The summed E-state index contributed by atoms with van der Waals surface area (Å²) < 4.78 is 8.06. The summed E-state index contributed by atoms with van der Waals surface area (Å²) in [5, 5.41) is 0. The second-order valence-electron chi connectivity index (χ2n) is 5.51. The van der Waals surface area contributed by atoms with Crippen molar-refractivity contribution >= 4 is 0 Å². The van der Waals surface area contributed by atoms with Crippen molar-refractivity contribution in [1.29, 1.82) is 0 Å². The molecule has 0 spiro atoms. The highest BCUT2D eigenvalue weighted by Gasteiger charge is 2.26. The smallest absolute Gasteiger partial charge is 0.161 e. The lowest BCUT2D eigenvalue weighted by molar-refractivity contribution is 0.0953. The summed E-state index contributed by atoms with van der Waals surface area (Å²) in [6, 6.07) is 8.21. The third kappa shape index (κ3) is 3.39. The molecule has 2 N–H and O–H groups in total. The first kappa shape index (κ1) is 14.6. The second kappa shape index (κ2) is 6.09. The Labute approximate surface area is 120 Å². The fourth-order valence-corrected chi connectivity index (χ4v) is 2.32. The summed E-state index contributed by atoms with van der Waals surface area (Å²) in [4.78, 5) is 4.37. The highest BCUT2D eigenvalue weighted by Crippen LogP contribution is 2.26. The summed E-state index contributed by atoms with van der Waals surface area (Å²) in [5.74, 6) is 1.76. The number of imidazole rings is 1. The van der Waals surface area contributed by atoms with E-state index in [2.05, 4.69) is 17.1 Å². The number of ether oxygens (including phenoxy) is 1. The standard InChI is InChI=1S/C16H23N3O/c1-16(2,15-18-11-12-19(15)3)20-14-8-6-13(7-9-14)5-4-10-17/h6-9,11-12H,4-5,10,17H2,1-3H3. The van der Waals surface area contributed by atoms with Gasteiger partial charge in [-0.1, -0.05) is 12.1 Å². The van der Waals surface area contributed by atoms with E-state index < -0.39 is 5.60 Å². The number of benzene rings is 1. The van der Waals surface area contributed by atoms with Crippen LogP contribution in [0.15, 0.2) is 36.7 Å². The Hall–Kier alpha value is -1.81. The Balaban J connectivity index is 2.07. The topological polar surface area (TPSA) is 53.1 Å². The Morgan fingerprint density at radius 1 is 1.25 bits per heavy atom. The lowest BCUT2D eigenvalue weighted by Gasteiger charge is -2.26. The third-order valence-electron chi connectivity index (χ3n) is 3.33. The first-order valence-electron chi connectivity index (χ1n) is 6.99. The van der Waals surface area contributed by atoms with Crippen molar-refractivity contribution in [2.24, 2.45) is 12.8 Å². The molecule has 1 heterocycles. The van der Waals surface area contributed by atoms with Gasteiger partial charge in [0.2, 0.25) is 0 Å². The minimum Gasteiger partial charge on any atom is -0.480 e. The van der Waals surface area contributed by atoms with Gasteiger partial charge in [-0.15, -0.1) is 0 Å². The molecule has 108 valence electrons. The predicted octanol–water partition coefficient (Wildman–Crippen LogP) is 2.63. The van der Waals surface area contributed by atoms with Crippen molar-refractivity contribution in [3.05, 3.63) is 48.0 Å². The number of rotatable bonds is 6. The lowest BCUT2D eigenvalue weighted by Crippen LogP contribution is -2.28.